The molecule has 0 aliphatic rings. The standard InChI is InChI=1S/C13H17FN4S/c1-2-15-9-11-10-18(17-16-11)7-8-19-13-6-4-3-5-12(13)14/h3-6,10,15H,2,7-9H2,1H3. The molecule has 0 atom stereocenters. The van der Waals surface area contributed by atoms with Gasteiger partial charge >= 0.3 is 0 Å². The fraction of sp³-hybridized carbons (Fsp3) is 0.385. The summed E-state index contributed by atoms with van der Waals surface area (Å²) in [5, 5.41) is 11.3. The van der Waals surface area contributed by atoms with E-state index < -0.39 is 0 Å². The first-order chi connectivity index (χ1) is 9.29. The molecule has 0 unspecified atom stereocenters. The van der Waals surface area contributed by atoms with Gasteiger partial charge in [-0.05, 0) is 18.7 Å². The van der Waals surface area contributed by atoms with Gasteiger partial charge in [0.2, 0.25) is 0 Å². The van der Waals surface area contributed by atoms with Crippen molar-refractivity contribution in [1.29, 1.82) is 0 Å². The monoisotopic (exact) mass is 280 g/mol. The van der Waals surface area contributed by atoms with E-state index in [1.165, 1.54) is 17.8 Å². The second-order valence-corrected chi connectivity index (χ2v) is 5.17. The van der Waals surface area contributed by atoms with Crippen LogP contribution in [0.4, 0.5) is 4.39 Å². The fourth-order valence-electron chi connectivity index (χ4n) is 1.59. The molecule has 1 aromatic carbocycles. The molecule has 0 aliphatic heterocycles. The summed E-state index contributed by atoms with van der Waals surface area (Å²) in [6.07, 6.45) is 1.92. The second-order valence-electron chi connectivity index (χ2n) is 4.03. The van der Waals surface area contributed by atoms with Gasteiger partial charge in [0.25, 0.3) is 0 Å². The molecule has 0 saturated carbocycles. The lowest BCUT2D eigenvalue weighted by Gasteiger charge is -2.02. The average Bonchev–Trinajstić information content (AvgIpc) is 2.86. The molecule has 0 bridgehead atoms. The van der Waals surface area contributed by atoms with Crippen molar-refractivity contribution in [2.24, 2.45) is 0 Å². The zero-order valence-electron chi connectivity index (χ0n) is 10.8. The normalized spacial score (nSPS) is 10.8. The van der Waals surface area contributed by atoms with Crippen molar-refractivity contribution in [3.05, 3.63) is 42.0 Å². The molecule has 1 aromatic heterocycles. The van der Waals surface area contributed by atoms with Crippen molar-refractivity contribution < 1.29 is 4.39 Å². The summed E-state index contributed by atoms with van der Waals surface area (Å²) in [4.78, 5) is 0.676. The first kappa shape index (κ1) is 14.0. The number of rotatable bonds is 7. The molecular formula is C13H17FN4S. The van der Waals surface area contributed by atoms with Gasteiger partial charge in [0.1, 0.15) is 5.82 Å². The number of benzene rings is 1. The van der Waals surface area contributed by atoms with Crippen molar-refractivity contribution in [2.45, 2.75) is 24.9 Å². The molecule has 0 fully saturated rings. The number of nitrogens with zero attached hydrogens (tertiary/aromatic N) is 3. The van der Waals surface area contributed by atoms with Crippen molar-refractivity contribution in [2.75, 3.05) is 12.3 Å². The number of aromatic nitrogens is 3. The average molecular weight is 280 g/mol. The highest BCUT2D eigenvalue weighted by Crippen LogP contribution is 2.21. The lowest BCUT2D eigenvalue weighted by molar-refractivity contribution is 0.600. The molecule has 19 heavy (non-hydrogen) atoms. The van der Waals surface area contributed by atoms with E-state index in [1.807, 2.05) is 12.3 Å². The van der Waals surface area contributed by atoms with Crippen LogP contribution >= 0.6 is 11.8 Å². The summed E-state index contributed by atoms with van der Waals surface area (Å²) in [6, 6.07) is 6.81. The van der Waals surface area contributed by atoms with Gasteiger partial charge < -0.3 is 5.32 Å². The van der Waals surface area contributed by atoms with E-state index in [2.05, 4.69) is 22.6 Å². The maximum absolute atomic E-state index is 13.4. The molecule has 0 radical (unpaired) electrons. The van der Waals surface area contributed by atoms with Gasteiger partial charge in [-0.3, -0.25) is 4.68 Å². The maximum Gasteiger partial charge on any atom is 0.136 e. The van der Waals surface area contributed by atoms with E-state index in [0.29, 0.717) is 4.90 Å². The molecule has 0 spiro atoms. The van der Waals surface area contributed by atoms with E-state index in [-0.39, 0.29) is 5.82 Å². The van der Waals surface area contributed by atoms with Gasteiger partial charge in [-0.2, -0.15) is 0 Å². The van der Waals surface area contributed by atoms with E-state index >= 15 is 0 Å². The Labute approximate surface area is 116 Å². The molecule has 102 valence electrons. The summed E-state index contributed by atoms with van der Waals surface area (Å²) in [6.45, 7) is 4.42. The predicted molar refractivity (Wildman–Crippen MR) is 74.5 cm³/mol. The Morgan fingerprint density at radius 2 is 2.21 bits per heavy atom. The summed E-state index contributed by atoms with van der Waals surface area (Å²) >= 11 is 1.49. The summed E-state index contributed by atoms with van der Waals surface area (Å²) in [5.41, 5.74) is 0.928. The number of thioether (sulfide) groups is 1. The molecule has 0 aliphatic carbocycles. The van der Waals surface area contributed by atoms with E-state index in [4.69, 9.17) is 0 Å². The number of hydrogen-bond acceptors (Lipinski definition) is 4. The molecule has 1 N–H and O–H groups in total. The molecule has 0 amide bonds. The number of halogens is 1. The Balaban J connectivity index is 1.79. The van der Waals surface area contributed by atoms with Crippen LogP contribution in [0.15, 0.2) is 35.4 Å². The third-order valence-electron chi connectivity index (χ3n) is 2.56. The highest BCUT2D eigenvalue weighted by molar-refractivity contribution is 7.99. The highest BCUT2D eigenvalue weighted by atomic mass is 32.2. The van der Waals surface area contributed by atoms with Crippen LogP contribution in [0.2, 0.25) is 0 Å². The number of hydrogen-bond donors (Lipinski definition) is 1. The first-order valence-electron chi connectivity index (χ1n) is 6.26. The Morgan fingerprint density at radius 3 is 3.00 bits per heavy atom. The number of aryl methyl sites for hydroxylation is 1. The van der Waals surface area contributed by atoms with Gasteiger partial charge in [0, 0.05) is 23.4 Å². The second kappa shape index (κ2) is 7.25. The molecule has 2 rings (SSSR count). The Hall–Kier alpha value is -1.40. The van der Waals surface area contributed by atoms with Crippen LogP contribution in [0.3, 0.4) is 0 Å². The minimum atomic E-state index is -0.168. The van der Waals surface area contributed by atoms with Gasteiger partial charge in [-0.1, -0.05) is 24.3 Å². The SMILES string of the molecule is CCNCc1cn(CCSc2ccccc2F)nn1. The van der Waals surface area contributed by atoms with Gasteiger partial charge in [-0.25, -0.2) is 4.39 Å². The Kier molecular flexibility index (Phi) is 5.35. The molecule has 6 heteroatoms. The van der Waals surface area contributed by atoms with Crippen molar-refractivity contribution in [1.82, 2.24) is 20.3 Å². The van der Waals surface area contributed by atoms with Crippen LogP contribution in [0.5, 0.6) is 0 Å². The third kappa shape index (κ3) is 4.33. The molecule has 1 heterocycles. The van der Waals surface area contributed by atoms with Crippen molar-refractivity contribution >= 4 is 11.8 Å². The van der Waals surface area contributed by atoms with Crippen LogP contribution in [0.1, 0.15) is 12.6 Å². The molecular weight excluding hydrogens is 263 g/mol. The van der Waals surface area contributed by atoms with Crippen molar-refractivity contribution in [3.63, 3.8) is 0 Å². The summed E-state index contributed by atoms with van der Waals surface area (Å²) in [7, 11) is 0. The van der Waals surface area contributed by atoms with E-state index in [1.54, 1.807) is 16.8 Å². The predicted octanol–water partition coefficient (Wildman–Crippen LogP) is 2.32. The molecule has 2 aromatic rings. The van der Waals surface area contributed by atoms with Gasteiger partial charge in [0.05, 0.1) is 12.2 Å². The van der Waals surface area contributed by atoms with Crippen LogP contribution in [-0.2, 0) is 13.1 Å². The third-order valence-corrected chi connectivity index (χ3v) is 3.59. The smallest absolute Gasteiger partial charge is 0.136 e. The largest absolute Gasteiger partial charge is 0.311 e. The van der Waals surface area contributed by atoms with Gasteiger partial charge in [0.15, 0.2) is 0 Å². The minimum Gasteiger partial charge on any atom is -0.311 e. The van der Waals surface area contributed by atoms with E-state index in [0.717, 1.165) is 31.1 Å². The highest BCUT2D eigenvalue weighted by Gasteiger charge is 2.03. The van der Waals surface area contributed by atoms with Crippen molar-refractivity contribution in [3.8, 4) is 0 Å². The minimum absolute atomic E-state index is 0.168. The lowest BCUT2D eigenvalue weighted by Crippen LogP contribution is -2.11. The summed E-state index contributed by atoms with van der Waals surface area (Å²) in [5.74, 6) is 0.601. The fourth-order valence-corrected chi connectivity index (χ4v) is 2.47. The molecule has 4 nitrogen and oxygen atoms in total. The Bertz CT molecular complexity index is 515. The Morgan fingerprint density at radius 1 is 1.37 bits per heavy atom. The first-order valence-corrected chi connectivity index (χ1v) is 7.25. The van der Waals surface area contributed by atoms with Crippen LogP contribution < -0.4 is 5.32 Å². The van der Waals surface area contributed by atoms with Gasteiger partial charge in [-0.15, -0.1) is 16.9 Å². The maximum atomic E-state index is 13.4. The zero-order chi connectivity index (χ0) is 13.5. The van der Waals surface area contributed by atoms with Crippen LogP contribution in [-0.4, -0.2) is 27.3 Å². The topological polar surface area (TPSA) is 42.7 Å². The zero-order valence-corrected chi connectivity index (χ0v) is 11.7. The van der Waals surface area contributed by atoms with E-state index in [9.17, 15) is 4.39 Å². The molecule has 0 saturated heterocycles. The lowest BCUT2D eigenvalue weighted by atomic mass is 10.3. The quantitative estimate of drug-likeness (QED) is 0.790. The number of nitrogens with one attached hydrogen (secondary N) is 1. The van der Waals surface area contributed by atoms with Crippen LogP contribution in [0, 0.1) is 5.82 Å². The van der Waals surface area contributed by atoms with Crippen LogP contribution in [0.25, 0.3) is 0 Å². The summed E-state index contributed by atoms with van der Waals surface area (Å²) < 4.78 is 15.2.